The minimum atomic E-state index is -0.264. The first-order chi connectivity index (χ1) is 14.7. The van der Waals surface area contributed by atoms with Crippen molar-refractivity contribution < 1.29 is 13.9 Å². The van der Waals surface area contributed by atoms with Crippen LogP contribution in [0.15, 0.2) is 84.0 Å². The highest BCUT2D eigenvalue weighted by molar-refractivity contribution is 7.99. The highest BCUT2D eigenvalue weighted by atomic mass is 32.2. The number of carbonyl (C=O) groups is 1. The topological polar surface area (TPSA) is 55.6 Å². The predicted molar refractivity (Wildman–Crippen MR) is 116 cm³/mol. The summed E-state index contributed by atoms with van der Waals surface area (Å²) in [5.41, 5.74) is 2.38. The van der Waals surface area contributed by atoms with E-state index in [0.29, 0.717) is 30.2 Å². The van der Waals surface area contributed by atoms with Gasteiger partial charge >= 0.3 is 0 Å². The average molecular weight is 421 g/mol. The van der Waals surface area contributed by atoms with E-state index in [1.807, 2.05) is 53.2 Å². The SMILES string of the molecule is O=C(CCSc1ccc(F)cc1)Nc1cccc(OCc2cn3ccccc3n2)c1. The fourth-order valence-corrected chi connectivity index (χ4v) is 3.75. The Morgan fingerprint density at radius 1 is 1.10 bits per heavy atom. The van der Waals surface area contributed by atoms with E-state index in [-0.39, 0.29) is 11.7 Å². The first-order valence-corrected chi connectivity index (χ1v) is 10.5. The predicted octanol–water partition coefficient (Wildman–Crippen LogP) is 5.17. The van der Waals surface area contributed by atoms with Crippen molar-refractivity contribution >= 4 is 29.0 Å². The van der Waals surface area contributed by atoms with E-state index in [1.54, 1.807) is 18.2 Å². The number of nitrogens with zero attached hydrogens (tertiary/aromatic N) is 2. The molecule has 1 amide bonds. The summed E-state index contributed by atoms with van der Waals surface area (Å²) in [6.07, 6.45) is 4.23. The number of halogens is 1. The van der Waals surface area contributed by atoms with E-state index < -0.39 is 0 Å². The number of rotatable bonds is 8. The third-order valence-electron chi connectivity index (χ3n) is 4.33. The summed E-state index contributed by atoms with van der Waals surface area (Å²) >= 11 is 1.52. The second kappa shape index (κ2) is 9.45. The number of aromatic nitrogens is 2. The number of thioether (sulfide) groups is 1. The number of benzene rings is 2. The lowest BCUT2D eigenvalue weighted by Crippen LogP contribution is -2.12. The molecule has 7 heteroatoms. The van der Waals surface area contributed by atoms with E-state index in [4.69, 9.17) is 4.74 Å². The summed E-state index contributed by atoms with van der Waals surface area (Å²) < 4.78 is 20.7. The van der Waals surface area contributed by atoms with Gasteiger partial charge < -0.3 is 14.5 Å². The van der Waals surface area contributed by atoms with Crippen LogP contribution in [0.5, 0.6) is 5.75 Å². The van der Waals surface area contributed by atoms with Crippen molar-refractivity contribution in [2.45, 2.75) is 17.9 Å². The van der Waals surface area contributed by atoms with Crippen molar-refractivity contribution in [1.82, 2.24) is 9.38 Å². The van der Waals surface area contributed by atoms with Gasteiger partial charge in [-0.05, 0) is 48.5 Å². The van der Waals surface area contributed by atoms with Crippen LogP contribution >= 0.6 is 11.8 Å². The first-order valence-electron chi connectivity index (χ1n) is 9.49. The molecule has 2 aromatic carbocycles. The fraction of sp³-hybridized carbons (Fsp3) is 0.130. The Morgan fingerprint density at radius 2 is 1.97 bits per heavy atom. The molecule has 5 nitrogen and oxygen atoms in total. The quantitative estimate of drug-likeness (QED) is 0.399. The molecule has 4 aromatic rings. The Hall–Kier alpha value is -3.32. The van der Waals surface area contributed by atoms with E-state index in [2.05, 4.69) is 10.3 Å². The molecule has 1 N–H and O–H groups in total. The maximum atomic E-state index is 12.9. The highest BCUT2D eigenvalue weighted by Gasteiger charge is 2.06. The number of ether oxygens (including phenoxy) is 1. The summed E-state index contributed by atoms with van der Waals surface area (Å²) in [5, 5.41) is 2.89. The van der Waals surface area contributed by atoms with Crippen LogP contribution in [0.2, 0.25) is 0 Å². The molecular weight excluding hydrogens is 401 g/mol. The van der Waals surface area contributed by atoms with Crippen molar-refractivity contribution in [3.8, 4) is 5.75 Å². The Labute approximate surface area is 177 Å². The summed E-state index contributed by atoms with van der Waals surface area (Å²) in [4.78, 5) is 17.7. The Morgan fingerprint density at radius 3 is 2.80 bits per heavy atom. The van der Waals surface area contributed by atoms with Gasteiger partial charge in [0.05, 0.1) is 5.69 Å². The van der Waals surface area contributed by atoms with Crippen LogP contribution in [0.25, 0.3) is 5.65 Å². The molecular formula is C23H20FN3O2S. The molecule has 0 fully saturated rings. The zero-order valence-electron chi connectivity index (χ0n) is 16.1. The van der Waals surface area contributed by atoms with Crippen molar-refractivity contribution in [3.63, 3.8) is 0 Å². The minimum absolute atomic E-state index is 0.0814. The lowest BCUT2D eigenvalue weighted by atomic mass is 10.3. The van der Waals surface area contributed by atoms with Gasteiger partial charge in [0.25, 0.3) is 0 Å². The fourth-order valence-electron chi connectivity index (χ4n) is 2.89. The van der Waals surface area contributed by atoms with Crippen LogP contribution in [-0.4, -0.2) is 21.0 Å². The van der Waals surface area contributed by atoms with Crippen LogP contribution in [0.1, 0.15) is 12.1 Å². The van der Waals surface area contributed by atoms with E-state index in [0.717, 1.165) is 16.2 Å². The second-order valence-electron chi connectivity index (χ2n) is 6.62. The lowest BCUT2D eigenvalue weighted by molar-refractivity contribution is -0.115. The molecule has 152 valence electrons. The highest BCUT2D eigenvalue weighted by Crippen LogP contribution is 2.21. The maximum absolute atomic E-state index is 12.9. The Bertz CT molecular complexity index is 1110. The number of nitrogens with one attached hydrogen (secondary N) is 1. The molecule has 0 spiro atoms. The van der Waals surface area contributed by atoms with Crippen LogP contribution < -0.4 is 10.1 Å². The molecule has 4 rings (SSSR count). The molecule has 0 saturated heterocycles. The summed E-state index contributed by atoms with van der Waals surface area (Å²) in [5.74, 6) is 0.926. The number of anilines is 1. The number of hydrogen-bond donors (Lipinski definition) is 1. The number of pyridine rings is 1. The average Bonchev–Trinajstić information content (AvgIpc) is 3.17. The van der Waals surface area contributed by atoms with Crippen LogP contribution in [0, 0.1) is 5.82 Å². The Balaban J connectivity index is 1.27. The van der Waals surface area contributed by atoms with Crippen LogP contribution in [0.4, 0.5) is 10.1 Å². The van der Waals surface area contributed by atoms with E-state index in [9.17, 15) is 9.18 Å². The van der Waals surface area contributed by atoms with Gasteiger partial charge in [-0.3, -0.25) is 4.79 Å². The number of imidazole rings is 1. The largest absolute Gasteiger partial charge is 0.487 e. The standard InChI is InChI=1S/C23H20FN3O2S/c24-17-7-9-21(10-8-17)30-13-11-23(28)26-18-4-3-5-20(14-18)29-16-19-15-27-12-2-1-6-22(27)25-19/h1-10,12,14-15H,11,13,16H2,(H,26,28). The van der Waals surface area contributed by atoms with Gasteiger partial charge in [-0.25, -0.2) is 9.37 Å². The van der Waals surface area contributed by atoms with Crippen molar-refractivity contribution in [2.24, 2.45) is 0 Å². The zero-order valence-corrected chi connectivity index (χ0v) is 16.9. The van der Waals surface area contributed by atoms with Gasteiger partial charge in [-0.1, -0.05) is 12.1 Å². The lowest BCUT2D eigenvalue weighted by Gasteiger charge is -2.08. The van der Waals surface area contributed by atoms with Gasteiger partial charge in [0, 0.05) is 41.2 Å². The van der Waals surface area contributed by atoms with Gasteiger partial charge in [0.2, 0.25) is 5.91 Å². The van der Waals surface area contributed by atoms with Crippen molar-refractivity contribution in [1.29, 1.82) is 0 Å². The van der Waals surface area contributed by atoms with Gasteiger partial charge in [0.15, 0.2) is 0 Å². The summed E-state index contributed by atoms with van der Waals surface area (Å²) in [6, 6.07) is 19.4. The molecule has 0 aliphatic heterocycles. The second-order valence-corrected chi connectivity index (χ2v) is 7.78. The number of amides is 1. The first kappa shape index (κ1) is 20.0. The van der Waals surface area contributed by atoms with Gasteiger partial charge in [0.1, 0.15) is 23.8 Å². The number of hydrogen-bond acceptors (Lipinski definition) is 4. The van der Waals surface area contributed by atoms with E-state index >= 15 is 0 Å². The van der Waals surface area contributed by atoms with Crippen molar-refractivity contribution in [2.75, 3.05) is 11.1 Å². The summed E-state index contributed by atoms with van der Waals surface area (Å²) in [7, 11) is 0. The number of carbonyl (C=O) groups excluding carboxylic acids is 1. The molecule has 0 bridgehead atoms. The van der Waals surface area contributed by atoms with Crippen LogP contribution in [-0.2, 0) is 11.4 Å². The normalized spacial score (nSPS) is 10.8. The van der Waals surface area contributed by atoms with Gasteiger partial charge in [-0.15, -0.1) is 11.8 Å². The molecule has 0 unspecified atom stereocenters. The minimum Gasteiger partial charge on any atom is -0.487 e. The maximum Gasteiger partial charge on any atom is 0.225 e. The molecule has 2 aromatic heterocycles. The third kappa shape index (κ3) is 5.39. The molecule has 0 atom stereocenters. The molecule has 0 aliphatic carbocycles. The molecule has 0 saturated carbocycles. The molecule has 0 aliphatic rings. The van der Waals surface area contributed by atoms with E-state index in [1.165, 1.54) is 23.9 Å². The smallest absolute Gasteiger partial charge is 0.225 e. The summed E-state index contributed by atoms with van der Waals surface area (Å²) in [6.45, 7) is 0.341. The molecule has 2 heterocycles. The van der Waals surface area contributed by atoms with Crippen LogP contribution in [0.3, 0.4) is 0 Å². The molecule has 0 radical (unpaired) electrons. The Kier molecular flexibility index (Phi) is 6.29. The zero-order chi connectivity index (χ0) is 20.8. The monoisotopic (exact) mass is 421 g/mol. The van der Waals surface area contributed by atoms with Gasteiger partial charge in [-0.2, -0.15) is 0 Å². The molecule has 30 heavy (non-hydrogen) atoms. The van der Waals surface area contributed by atoms with Crippen molar-refractivity contribution in [3.05, 3.63) is 90.6 Å². The third-order valence-corrected chi connectivity index (χ3v) is 5.34. The number of fused-ring (bicyclic) bond motifs is 1.